The molecular weight excluding hydrogens is 329 g/mol. The highest BCUT2D eigenvalue weighted by molar-refractivity contribution is 7.89. The molecular formula is C17H16FN3O2S. The number of anilines is 1. The Morgan fingerprint density at radius 1 is 1.00 bits per heavy atom. The summed E-state index contributed by atoms with van der Waals surface area (Å²) in [6.45, 7) is 1.37. The summed E-state index contributed by atoms with van der Waals surface area (Å²) in [4.78, 5) is 2.07. The minimum Gasteiger partial charge on any atom is -0.367 e. The van der Waals surface area contributed by atoms with Gasteiger partial charge in [0.15, 0.2) is 0 Å². The zero-order valence-electron chi connectivity index (χ0n) is 12.9. The number of hydrogen-bond acceptors (Lipinski definition) is 4. The molecule has 7 heteroatoms. The standard InChI is InChI=1S/C17H16FN3O2S/c18-16-12-14(13-19)6-7-17(16)20-8-10-21(11-9-20)24(22,23)15-4-2-1-3-5-15/h1-7,12H,8-11H2. The SMILES string of the molecule is N#Cc1ccc(N2CCN(S(=O)(=O)c3ccccc3)CC2)c(F)c1. The van der Waals surface area contributed by atoms with E-state index in [1.165, 1.54) is 10.4 Å². The first kappa shape index (κ1) is 16.4. The van der Waals surface area contributed by atoms with Gasteiger partial charge in [-0.25, -0.2) is 12.8 Å². The van der Waals surface area contributed by atoms with Crippen LogP contribution in [-0.2, 0) is 10.0 Å². The van der Waals surface area contributed by atoms with Gasteiger partial charge in [-0.3, -0.25) is 0 Å². The molecule has 1 aliphatic rings. The molecule has 0 aliphatic carbocycles. The van der Waals surface area contributed by atoms with Crippen LogP contribution < -0.4 is 4.90 Å². The molecule has 0 unspecified atom stereocenters. The molecule has 1 fully saturated rings. The van der Waals surface area contributed by atoms with Crippen molar-refractivity contribution in [1.29, 1.82) is 5.26 Å². The lowest BCUT2D eigenvalue weighted by Gasteiger charge is -2.35. The first-order chi connectivity index (χ1) is 11.5. The van der Waals surface area contributed by atoms with E-state index in [1.54, 1.807) is 47.4 Å². The van der Waals surface area contributed by atoms with Crippen LogP contribution in [0.15, 0.2) is 53.4 Å². The molecule has 0 aromatic heterocycles. The van der Waals surface area contributed by atoms with Gasteiger partial charge in [0, 0.05) is 26.2 Å². The monoisotopic (exact) mass is 345 g/mol. The fourth-order valence-corrected chi connectivity index (χ4v) is 4.19. The van der Waals surface area contributed by atoms with Crippen LogP contribution in [0.1, 0.15) is 5.56 Å². The summed E-state index contributed by atoms with van der Waals surface area (Å²) in [5, 5.41) is 8.79. The Morgan fingerprint density at radius 2 is 1.67 bits per heavy atom. The summed E-state index contributed by atoms with van der Waals surface area (Å²) in [5.74, 6) is -0.464. The van der Waals surface area contributed by atoms with Crippen LogP contribution >= 0.6 is 0 Å². The van der Waals surface area contributed by atoms with Crippen LogP contribution in [0.5, 0.6) is 0 Å². The lowest BCUT2D eigenvalue weighted by atomic mass is 10.2. The van der Waals surface area contributed by atoms with Crippen LogP contribution in [-0.4, -0.2) is 38.9 Å². The second kappa shape index (κ2) is 6.59. The Balaban J connectivity index is 1.74. The molecule has 3 rings (SSSR count). The molecule has 0 saturated carbocycles. The highest BCUT2D eigenvalue weighted by atomic mass is 32.2. The minimum absolute atomic E-state index is 0.265. The zero-order valence-corrected chi connectivity index (χ0v) is 13.7. The summed E-state index contributed by atoms with van der Waals surface area (Å²) in [6, 6.07) is 14.5. The molecule has 0 atom stereocenters. The molecule has 0 N–H and O–H groups in total. The van der Waals surface area contributed by atoms with Gasteiger partial charge in [0.1, 0.15) is 5.82 Å². The fourth-order valence-electron chi connectivity index (χ4n) is 2.74. The second-order valence-electron chi connectivity index (χ2n) is 5.48. The van der Waals surface area contributed by atoms with Crippen molar-refractivity contribution in [3.05, 3.63) is 59.9 Å². The van der Waals surface area contributed by atoms with Crippen molar-refractivity contribution < 1.29 is 12.8 Å². The Morgan fingerprint density at radius 3 is 2.25 bits per heavy atom. The highest BCUT2D eigenvalue weighted by Gasteiger charge is 2.29. The third kappa shape index (κ3) is 3.11. The number of piperazine rings is 1. The molecule has 0 bridgehead atoms. The van der Waals surface area contributed by atoms with Gasteiger partial charge in [-0.05, 0) is 30.3 Å². The number of sulfonamides is 1. The van der Waals surface area contributed by atoms with Crippen LogP contribution in [0, 0.1) is 17.1 Å². The van der Waals surface area contributed by atoms with Crippen molar-refractivity contribution in [3.8, 4) is 6.07 Å². The van der Waals surface area contributed by atoms with E-state index in [0.717, 1.165) is 0 Å². The maximum absolute atomic E-state index is 14.1. The third-order valence-corrected chi connectivity index (χ3v) is 5.95. The fraction of sp³-hybridized carbons (Fsp3) is 0.235. The quantitative estimate of drug-likeness (QED) is 0.855. The van der Waals surface area contributed by atoms with Gasteiger partial charge in [-0.1, -0.05) is 18.2 Å². The van der Waals surface area contributed by atoms with Gasteiger partial charge in [-0.15, -0.1) is 0 Å². The molecule has 2 aromatic carbocycles. The molecule has 0 radical (unpaired) electrons. The Hall–Kier alpha value is -2.43. The van der Waals surface area contributed by atoms with Gasteiger partial charge in [-0.2, -0.15) is 9.57 Å². The number of halogens is 1. The van der Waals surface area contributed by atoms with Crippen LogP contribution in [0.2, 0.25) is 0 Å². The molecule has 2 aromatic rings. The van der Waals surface area contributed by atoms with E-state index in [9.17, 15) is 12.8 Å². The van der Waals surface area contributed by atoms with E-state index >= 15 is 0 Å². The average Bonchev–Trinajstić information content (AvgIpc) is 2.62. The zero-order chi connectivity index (χ0) is 17.2. The van der Waals surface area contributed by atoms with Gasteiger partial charge < -0.3 is 4.90 Å². The Labute approximate surface area is 140 Å². The van der Waals surface area contributed by atoms with Crippen LogP contribution in [0.25, 0.3) is 0 Å². The van der Waals surface area contributed by atoms with Crippen molar-refractivity contribution in [2.45, 2.75) is 4.90 Å². The van der Waals surface area contributed by atoms with Crippen molar-refractivity contribution in [1.82, 2.24) is 4.31 Å². The minimum atomic E-state index is -3.52. The summed E-state index contributed by atoms with van der Waals surface area (Å²) in [5.41, 5.74) is 0.660. The van der Waals surface area contributed by atoms with Crippen molar-refractivity contribution in [2.24, 2.45) is 0 Å². The molecule has 0 spiro atoms. The van der Waals surface area contributed by atoms with Crippen LogP contribution in [0.3, 0.4) is 0 Å². The molecule has 1 aliphatic heterocycles. The van der Waals surface area contributed by atoms with Gasteiger partial charge in [0.05, 0.1) is 22.2 Å². The van der Waals surface area contributed by atoms with Crippen molar-refractivity contribution >= 4 is 15.7 Å². The summed E-state index contributed by atoms with van der Waals surface area (Å²) >= 11 is 0. The van der Waals surface area contributed by atoms with E-state index in [0.29, 0.717) is 18.8 Å². The first-order valence-corrected chi connectivity index (χ1v) is 8.96. The Bertz CT molecular complexity index is 870. The first-order valence-electron chi connectivity index (χ1n) is 7.52. The maximum Gasteiger partial charge on any atom is 0.243 e. The second-order valence-corrected chi connectivity index (χ2v) is 7.42. The van der Waals surface area contributed by atoms with E-state index in [1.807, 2.05) is 6.07 Å². The molecule has 5 nitrogen and oxygen atoms in total. The molecule has 124 valence electrons. The number of nitriles is 1. The molecule has 0 amide bonds. The summed E-state index contributed by atoms with van der Waals surface area (Å²) < 4.78 is 40.7. The van der Waals surface area contributed by atoms with Gasteiger partial charge >= 0.3 is 0 Å². The number of hydrogen-bond donors (Lipinski definition) is 0. The van der Waals surface area contributed by atoms with Crippen LogP contribution in [0.4, 0.5) is 10.1 Å². The normalized spacial score (nSPS) is 15.9. The van der Waals surface area contributed by atoms with E-state index in [2.05, 4.69) is 0 Å². The average molecular weight is 345 g/mol. The lowest BCUT2D eigenvalue weighted by Crippen LogP contribution is -2.48. The molecule has 24 heavy (non-hydrogen) atoms. The maximum atomic E-state index is 14.1. The van der Waals surface area contributed by atoms with E-state index in [-0.39, 0.29) is 23.5 Å². The third-order valence-electron chi connectivity index (χ3n) is 4.04. The predicted octanol–water partition coefficient (Wildman–Crippen LogP) is 2.21. The van der Waals surface area contributed by atoms with Gasteiger partial charge in [0.2, 0.25) is 10.0 Å². The Kier molecular flexibility index (Phi) is 4.51. The molecule has 1 saturated heterocycles. The lowest BCUT2D eigenvalue weighted by molar-refractivity contribution is 0.383. The highest BCUT2D eigenvalue weighted by Crippen LogP contribution is 2.24. The van der Waals surface area contributed by atoms with Crippen molar-refractivity contribution in [3.63, 3.8) is 0 Å². The number of nitrogens with zero attached hydrogens (tertiary/aromatic N) is 3. The van der Waals surface area contributed by atoms with Crippen molar-refractivity contribution in [2.75, 3.05) is 31.1 Å². The topological polar surface area (TPSA) is 64.4 Å². The number of rotatable bonds is 3. The number of benzene rings is 2. The van der Waals surface area contributed by atoms with E-state index < -0.39 is 15.8 Å². The largest absolute Gasteiger partial charge is 0.367 e. The van der Waals surface area contributed by atoms with Gasteiger partial charge in [0.25, 0.3) is 0 Å². The smallest absolute Gasteiger partial charge is 0.243 e. The summed E-state index contributed by atoms with van der Waals surface area (Å²) in [7, 11) is -3.52. The molecule has 1 heterocycles. The predicted molar refractivity (Wildman–Crippen MR) is 88.5 cm³/mol. The summed E-state index contributed by atoms with van der Waals surface area (Å²) in [6.07, 6.45) is 0. The van der Waals surface area contributed by atoms with E-state index in [4.69, 9.17) is 5.26 Å².